The molecule has 1 N–H and O–H groups in total. The molecule has 1 aliphatic heterocycles. The summed E-state index contributed by atoms with van der Waals surface area (Å²) in [5.41, 5.74) is 2.39. The number of amides is 1. The number of hydrogen-bond acceptors (Lipinski definition) is 3. The molecule has 26 heavy (non-hydrogen) atoms. The molecule has 0 saturated carbocycles. The van der Waals surface area contributed by atoms with Crippen LogP contribution in [0.25, 0.3) is 10.8 Å². The van der Waals surface area contributed by atoms with Gasteiger partial charge in [-0.1, -0.05) is 32.0 Å². The van der Waals surface area contributed by atoms with E-state index in [4.69, 9.17) is 4.74 Å². The highest BCUT2D eigenvalue weighted by atomic mass is 19.4. The van der Waals surface area contributed by atoms with Gasteiger partial charge in [-0.25, -0.2) is 5.01 Å². The van der Waals surface area contributed by atoms with E-state index in [0.29, 0.717) is 23.7 Å². The molecule has 4 nitrogen and oxygen atoms in total. The van der Waals surface area contributed by atoms with Crippen LogP contribution >= 0.6 is 0 Å². The summed E-state index contributed by atoms with van der Waals surface area (Å²) >= 11 is 0. The number of ether oxygens (including phenoxy) is 1. The lowest BCUT2D eigenvalue weighted by Crippen LogP contribution is -2.43. The second kappa shape index (κ2) is 7.15. The van der Waals surface area contributed by atoms with Crippen LogP contribution in [0.1, 0.15) is 31.9 Å². The van der Waals surface area contributed by atoms with Gasteiger partial charge in [0.05, 0.1) is 6.61 Å². The molecule has 1 aliphatic rings. The Bertz CT molecular complexity index is 805. The van der Waals surface area contributed by atoms with Gasteiger partial charge >= 0.3 is 6.18 Å². The Morgan fingerprint density at radius 1 is 1.15 bits per heavy atom. The van der Waals surface area contributed by atoms with Crippen LogP contribution in [0.15, 0.2) is 36.4 Å². The van der Waals surface area contributed by atoms with Gasteiger partial charge in [0.15, 0.2) is 0 Å². The van der Waals surface area contributed by atoms with Crippen LogP contribution in [-0.2, 0) is 4.79 Å². The van der Waals surface area contributed by atoms with Crippen molar-refractivity contribution in [3.63, 3.8) is 0 Å². The average molecular weight is 366 g/mol. The highest BCUT2D eigenvalue weighted by Gasteiger charge is 2.46. The van der Waals surface area contributed by atoms with Crippen molar-refractivity contribution in [2.45, 2.75) is 32.5 Å². The summed E-state index contributed by atoms with van der Waals surface area (Å²) in [4.78, 5) is 11.4. The van der Waals surface area contributed by atoms with Gasteiger partial charge in [0.2, 0.25) is 5.91 Å². The maximum absolute atomic E-state index is 13.7. The summed E-state index contributed by atoms with van der Waals surface area (Å²) in [5, 5.41) is 2.46. The quantitative estimate of drug-likeness (QED) is 0.862. The molecular formula is C19H21F3N2O2. The Kier molecular flexibility index (Phi) is 5.09. The van der Waals surface area contributed by atoms with Crippen molar-refractivity contribution in [2.24, 2.45) is 5.92 Å². The van der Waals surface area contributed by atoms with Crippen molar-refractivity contribution in [1.82, 2.24) is 10.4 Å². The summed E-state index contributed by atoms with van der Waals surface area (Å²) in [7, 11) is 0. The van der Waals surface area contributed by atoms with Crippen LogP contribution in [0.3, 0.4) is 0 Å². The van der Waals surface area contributed by atoms with E-state index in [2.05, 4.69) is 5.43 Å². The predicted molar refractivity (Wildman–Crippen MR) is 92.5 cm³/mol. The number of nitrogens with zero attached hydrogens (tertiary/aromatic N) is 1. The van der Waals surface area contributed by atoms with Crippen LogP contribution in [-0.4, -0.2) is 30.2 Å². The minimum absolute atomic E-state index is 0.0264. The van der Waals surface area contributed by atoms with Crippen LogP contribution in [0.2, 0.25) is 0 Å². The van der Waals surface area contributed by atoms with Gasteiger partial charge in [-0.2, -0.15) is 13.2 Å². The zero-order valence-corrected chi connectivity index (χ0v) is 14.6. The second-order valence-corrected chi connectivity index (χ2v) is 6.90. The normalized spacial score (nSPS) is 16.9. The lowest BCUT2D eigenvalue weighted by Gasteiger charge is -2.29. The fraction of sp³-hybridized carbons (Fsp3) is 0.421. The fourth-order valence-corrected chi connectivity index (χ4v) is 3.00. The number of nitrogens with one attached hydrogen (secondary N) is 1. The second-order valence-electron chi connectivity index (χ2n) is 6.90. The largest absolute Gasteiger partial charge is 0.493 e. The molecular weight excluding hydrogens is 345 g/mol. The zero-order chi connectivity index (χ0) is 18.9. The Balaban J connectivity index is 1.95. The van der Waals surface area contributed by atoms with Crippen LogP contribution < -0.4 is 10.2 Å². The van der Waals surface area contributed by atoms with Gasteiger partial charge in [0, 0.05) is 13.0 Å². The van der Waals surface area contributed by atoms with Gasteiger partial charge in [-0.05, 0) is 40.5 Å². The molecule has 1 amide bonds. The molecule has 0 aromatic heterocycles. The molecule has 3 rings (SSSR count). The van der Waals surface area contributed by atoms with E-state index < -0.39 is 18.1 Å². The van der Waals surface area contributed by atoms with E-state index in [-0.39, 0.29) is 18.5 Å². The molecule has 0 bridgehead atoms. The van der Waals surface area contributed by atoms with E-state index in [1.54, 1.807) is 12.1 Å². The van der Waals surface area contributed by atoms with Crippen molar-refractivity contribution in [3.05, 3.63) is 42.0 Å². The van der Waals surface area contributed by atoms with Crippen molar-refractivity contribution in [3.8, 4) is 5.75 Å². The maximum atomic E-state index is 13.7. The fourth-order valence-electron chi connectivity index (χ4n) is 3.00. The highest BCUT2D eigenvalue weighted by molar-refractivity contribution is 5.84. The van der Waals surface area contributed by atoms with E-state index >= 15 is 0 Å². The van der Waals surface area contributed by atoms with E-state index in [9.17, 15) is 18.0 Å². The van der Waals surface area contributed by atoms with Crippen molar-refractivity contribution >= 4 is 16.7 Å². The first kappa shape index (κ1) is 18.5. The highest BCUT2D eigenvalue weighted by Crippen LogP contribution is 2.39. The van der Waals surface area contributed by atoms with Crippen LogP contribution in [0.4, 0.5) is 13.2 Å². The summed E-state index contributed by atoms with van der Waals surface area (Å²) in [6.07, 6.45) is -4.44. The molecule has 1 fully saturated rings. The third kappa shape index (κ3) is 4.09. The average Bonchev–Trinajstić information content (AvgIpc) is 2.97. The molecule has 1 heterocycles. The van der Waals surface area contributed by atoms with Gasteiger partial charge < -0.3 is 4.74 Å². The number of benzene rings is 2. The van der Waals surface area contributed by atoms with Crippen molar-refractivity contribution < 1.29 is 22.7 Å². The molecule has 7 heteroatoms. The molecule has 0 spiro atoms. The minimum atomic E-state index is -4.50. The summed E-state index contributed by atoms with van der Waals surface area (Å²) < 4.78 is 46.6. The standard InChI is InChI=1S/C19H21F3N2O2/c1-12(2)11-26-16-6-5-13-3-4-14(9-15(13)10-16)18(19(20,21)22)24-8-7-17(25)23-24/h3-6,9-10,12,18H,7-8,11H2,1-2H3,(H,23,25). The molecule has 1 atom stereocenters. The topological polar surface area (TPSA) is 41.6 Å². The van der Waals surface area contributed by atoms with E-state index in [1.165, 1.54) is 12.1 Å². The maximum Gasteiger partial charge on any atom is 0.409 e. The predicted octanol–water partition coefficient (Wildman–Crippen LogP) is 4.21. The number of carbonyl (C=O) groups is 1. The van der Waals surface area contributed by atoms with Gasteiger partial charge in [-0.15, -0.1) is 0 Å². The summed E-state index contributed by atoms with van der Waals surface area (Å²) in [6.45, 7) is 4.61. The van der Waals surface area contributed by atoms with E-state index in [1.807, 2.05) is 26.0 Å². The van der Waals surface area contributed by atoms with Gasteiger partial charge in [0.1, 0.15) is 11.8 Å². The number of rotatable bonds is 5. The molecule has 2 aromatic rings. The van der Waals surface area contributed by atoms with Crippen LogP contribution in [0, 0.1) is 5.92 Å². The number of hydrazine groups is 1. The molecule has 1 unspecified atom stereocenters. The summed E-state index contributed by atoms with van der Waals surface area (Å²) in [5.74, 6) is 0.580. The smallest absolute Gasteiger partial charge is 0.409 e. The third-order valence-electron chi connectivity index (χ3n) is 4.20. The van der Waals surface area contributed by atoms with Crippen LogP contribution in [0.5, 0.6) is 5.75 Å². The Morgan fingerprint density at radius 3 is 2.50 bits per heavy atom. The number of halogens is 3. The first-order valence-electron chi connectivity index (χ1n) is 8.53. The SMILES string of the molecule is CC(C)COc1ccc2ccc(C(N3CCC(=O)N3)C(F)(F)F)cc2c1. The molecule has 2 aromatic carbocycles. The Labute approximate surface area is 149 Å². The minimum Gasteiger partial charge on any atom is -0.493 e. The molecule has 1 saturated heterocycles. The summed E-state index contributed by atoms with van der Waals surface area (Å²) in [6, 6.07) is 8.14. The number of carbonyl (C=O) groups excluding carboxylic acids is 1. The van der Waals surface area contributed by atoms with Gasteiger partial charge in [0.25, 0.3) is 0 Å². The molecule has 140 valence electrons. The monoisotopic (exact) mass is 366 g/mol. The first-order valence-corrected chi connectivity index (χ1v) is 8.53. The number of alkyl halides is 3. The Morgan fingerprint density at radius 2 is 1.88 bits per heavy atom. The molecule has 0 radical (unpaired) electrons. The van der Waals surface area contributed by atoms with E-state index in [0.717, 1.165) is 10.4 Å². The lowest BCUT2D eigenvalue weighted by molar-refractivity contribution is -0.191. The zero-order valence-electron chi connectivity index (χ0n) is 14.6. The Hall–Kier alpha value is -2.28. The number of fused-ring (bicyclic) bond motifs is 1. The molecule has 0 aliphatic carbocycles. The third-order valence-corrected chi connectivity index (χ3v) is 4.20. The van der Waals surface area contributed by atoms with Gasteiger partial charge in [-0.3, -0.25) is 10.2 Å². The number of hydrogen-bond donors (Lipinski definition) is 1. The lowest BCUT2D eigenvalue weighted by atomic mass is 10.0. The van der Waals surface area contributed by atoms with Crippen molar-refractivity contribution in [2.75, 3.05) is 13.2 Å². The first-order chi connectivity index (χ1) is 12.2. The van der Waals surface area contributed by atoms with Crippen molar-refractivity contribution in [1.29, 1.82) is 0 Å².